The maximum absolute atomic E-state index is 10.3. The van der Waals surface area contributed by atoms with Crippen molar-refractivity contribution in [2.24, 2.45) is 12.0 Å². The topological polar surface area (TPSA) is 52.8 Å². The Balaban J connectivity index is 2.06. The van der Waals surface area contributed by atoms with Crippen molar-refractivity contribution in [2.75, 3.05) is 20.1 Å². The van der Waals surface area contributed by atoms with Crippen LogP contribution in [0.3, 0.4) is 0 Å². The highest BCUT2D eigenvalue weighted by molar-refractivity contribution is 6.30. The summed E-state index contributed by atoms with van der Waals surface area (Å²) in [5.74, 6) is 0.729. The van der Waals surface area contributed by atoms with Crippen LogP contribution in [0, 0.1) is 0 Å². The number of nitrogens with one attached hydrogen (secondary N) is 1. The molecule has 0 spiro atoms. The smallest absolute Gasteiger partial charge is 0.194 e. The summed E-state index contributed by atoms with van der Waals surface area (Å²) in [7, 11) is 3.92. The fourth-order valence-electron chi connectivity index (χ4n) is 2.47. The Labute approximate surface area is 158 Å². The first kappa shape index (κ1) is 19.6. The largest absolute Gasteiger partial charge is 0.386 e. The second kappa shape index (κ2) is 9.13. The van der Waals surface area contributed by atoms with Gasteiger partial charge in [-0.05, 0) is 30.7 Å². The van der Waals surface area contributed by atoms with Crippen molar-refractivity contribution in [3.8, 4) is 0 Å². The number of halogens is 2. The minimum Gasteiger partial charge on any atom is -0.386 e. The summed E-state index contributed by atoms with van der Waals surface area (Å²) in [5, 5.41) is 14.9. The molecule has 2 rings (SSSR count). The number of rotatable bonds is 6. The second-order valence-electron chi connectivity index (χ2n) is 5.88. The molecule has 0 saturated heterocycles. The molecule has 0 aliphatic rings. The van der Waals surface area contributed by atoms with E-state index in [0.717, 1.165) is 23.8 Å². The van der Waals surface area contributed by atoms with Crippen LogP contribution >= 0.6 is 23.2 Å². The number of aliphatic hydroxyl groups excluding tert-OH is 1. The quantitative estimate of drug-likeness (QED) is 0.593. The Morgan fingerprint density at radius 1 is 1.28 bits per heavy atom. The van der Waals surface area contributed by atoms with Crippen LogP contribution in [0.5, 0.6) is 0 Å². The van der Waals surface area contributed by atoms with E-state index >= 15 is 0 Å². The standard InChI is InChI=1S/C18H24Cl2N4O/c1-4-21-18(24(3)12-16-9-15(20)11-23(16)2)22-10-17(25)13-5-7-14(19)8-6-13/h5-9,11,17,25H,4,10,12H2,1-3H3,(H,21,22). The van der Waals surface area contributed by atoms with Crippen molar-refractivity contribution in [1.82, 2.24) is 14.8 Å². The zero-order valence-corrected chi connectivity index (χ0v) is 16.2. The fraction of sp³-hybridized carbons (Fsp3) is 0.389. The highest BCUT2D eigenvalue weighted by Crippen LogP contribution is 2.17. The summed E-state index contributed by atoms with van der Waals surface area (Å²) in [4.78, 5) is 6.55. The molecule has 1 aromatic carbocycles. The van der Waals surface area contributed by atoms with Crippen molar-refractivity contribution >= 4 is 29.2 Å². The lowest BCUT2D eigenvalue weighted by Gasteiger charge is -2.23. The van der Waals surface area contributed by atoms with E-state index in [1.807, 2.05) is 54.9 Å². The lowest BCUT2D eigenvalue weighted by Crippen LogP contribution is -2.39. The third kappa shape index (κ3) is 5.66. The van der Waals surface area contributed by atoms with Crippen LogP contribution in [0.2, 0.25) is 10.0 Å². The molecule has 0 saturated carbocycles. The molecule has 0 bridgehead atoms. The summed E-state index contributed by atoms with van der Waals surface area (Å²) in [5.41, 5.74) is 1.87. The first-order valence-corrected chi connectivity index (χ1v) is 8.90. The molecule has 2 N–H and O–H groups in total. The maximum Gasteiger partial charge on any atom is 0.194 e. The average Bonchev–Trinajstić information content (AvgIpc) is 2.89. The zero-order valence-electron chi connectivity index (χ0n) is 14.7. The van der Waals surface area contributed by atoms with Crippen LogP contribution < -0.4 is 5.32 Å². The monoisotopic (exact) mass is 382 g/mol. The fourth-order valence-corrected chi connectivity index (χ4v) is 2.87. The molecular formula is C18H24Cl2N4O. The van der Waals surface area contributed by atoms with Gasteiger partial charge in [-0.1, -0.05) is 35.3 Å². The lowest BCUT2D eigenvalue weighted by atomic mass is 10.1. The van der Waals surface area contributed by atoms with Gasteiger partial charge in [0.1, 0.15) is 0 Å². The molecule has 0 aliphatic heterocycles. The molecule has 1 heterocycles. The van der Waals surface area contributed by atoms with Crippen molar-refractivity contribution in [1.29, 1.82) is 0 Å². The molecule has 0 radical (unpaired) electrons. The van der Waals surface area contributed by atoms with Crippen molar-refractivity contribution in [3.05, 3.63) is 57.8 Å². The van der Waals surface area contributed by atoms with Gasteiger partial charge >= 0.3 is 0 Å². The number of hydrogen-bond acceptors (Lipinski definition) is 2. The van der Waals surface area contributed by atoms with Crippen molar-refractivity contribution in [3.63, 3.8) is 0 Å². The number of aromatic nitrogens is 1. The van der Waals surface area contributed by atoms with Gasteiger partial charge in [-0.15, -0.1) is 0 Å². The minimum absolute atomic E-state index is 0.266. The summed E-state index contributed by atoms with van der Waals surface area (Å²) >= 11 is 11.9. The third-order valence-electron chi connectivity index (χ3n) is 3.84. The highest BCUT2D eigenvalue weighted by Gasteiger charge is 2.12. The first-order chi connectivity index (χ1) is 11.9. The Hall–Kier alpha value is -1.69. The number of benzene rings is 1. The molecule has 0 aliphatic carbocycles. The van der Waals surface area contributed by atoms with E-state index in [1.54, 1.807) is 12.1 Å². The van der Waals surface area contributed by atoms with Crippen LogP contribution in [0.1, 0.15) is 24.3 Å². The molecule has 5 nitrogen and oxygen atoms in total. The molecular weight excluding hydrogens is 359 g/mol. The molecule has 1 unspecified atom stereocenters. The normalized spacial score (nSPS) is 13.0. The van der Waals surface area contributed by atoms with Gasteiger partial charge in [0.05, 0.1) is 24.2 Å². The Morgan fingerprint density at radius 3 is 2.52 bits per heavy atom. The van der Waals surface area contributed by atoms with Gasteiger partial charge in [0, 0.05) is 37.6 Å². The van der Waals surface area contributed by atoms with E-state index < -0.39 is 6.10 Å². The summed E-state index contributed by atoms with van der Waals surface area (Å²) in [6, 6.07) is 9.08. The molecule has 25 heavy (non-hydrogen) atoms. The second-order valence-corrected chi connectivity index (χ2v) is 6.75. The molecule has 136 valence electrons. The van der Waals surface area contributed by atoms with Gasteiger partial charge in [0.25, 0.3) is 0 Å². The average molecular weight is 383 g/mol. The van der Waals surface area contributed by atoms with Crippen LogP contribution in [-0.4, -0.2) is 40.7 Å². The SMILES string of the molecule is CCNC(=NCC(O)c1ccc(Cl)cc1)N(C)Cc1cc(Cl)cn1C. The Morgan fingerprint density at radius 2 is 1.96 bits per heavy atom. The minimum atomic E-state index is -0.677. The van der Waals surface area contributed by atoms with Gasteiger partial charge in [0.2, 0.25) is 0 Å². The number of aliphatic hydroxyl groups is 1. The zero-order chi connectivity index (χ0) is 18.4. The molecule has 7 heteroatoms. The maximum atomic E-state index is 10.3. The number of guanidine groups is 1. The highest BCUT2D eigenvalue weighted by atomic mass is 35.5. The predicted octanol–water partition coefficient (Wildman–Crippen LogP) is 3.46. The van der Waals surface area contributed by atoms with Gasteiger partial charge in [0.15, 0.2) is 5.96 Å². The molecule has 0 fully saturated rings. The first-order valence-electron chi connectivity index (χ1n) is 8.14. The number of nitrogens with zero attached hydrogens (tertiary/aromatic N) is 3. The number of aliphatic imine (C=N–C) groups is 1. The third-order valence-corrected chi connectivity index (χ3v) is 4.30. The Bertz CT molecular complexity index is 712. The van der Waals surface area contributed by atoms with Crippen molar-refractivity contribution in [2.45, 2.75) is 19.6 Å². The lowest BCUT2D eigenvalue weighted by molar-refractivity contribution is 0.186. The molecule has 0 amide bonds. The number of aryl methyl sites for hydroxylation is 1. The summed E-state index contributed by atoms with van der Waals surface area (Å²) in [6.45, 7) is 3.68. The predicted molar refractivity (Wildman–Crippen MR) is 104 cm³/mol. The van der Waals surface area contributed by atoms with Crippen LogP contribution in [0.4, 0.5) is 0 Å². The summed E-state index contributed by atoms with van der Waals surface area (Å²) < 4.78 is 1.99. The van der Waals surface area contributed by atoms with E-state index in [2.05, 4.69) is 10.3 Å². The van der Waals surface area contributed by atoms with Crippen molar-refractivity contribution < 1.29 is 5.11 Å². The number of hydrogen-bond donors (Lipinski definition) is 2. The Kier molecular flexibility index (Phi) is 7.17. The van der Waals surface area contributed by atoms with E-state index in [0.29, 0.717) is 16.6 Å². The van der Waals surface area contributed by atoms with Gasteiger partial charge in [-0.25, -0.2) is 0 Å². The van der Waals surface area contributed by atoms with E-state index in [9.17, 15) is 5.11 Å². The molecule has 1 aromatic heterocycles. The van der Waals surface area contributed by atoms with Crippen LogP contribution in [0.15, 0.2) is 41.5 Å². The van der Waals surface area contributed by atoms with E-state index in [-0.39, 0.29) is 6.54 Å². The van der Waals surface area contributed by atoms with Crippen LogP contribution in [-0.2, 0) is 13.6 Å². The molecule has 1 atom stereocenters. The van der Waals surface area contributed by atoms with Gasteiger partial charge in [-0.3, -0.25) is 4.99 Å². The van der Waals surface area contributed by atoms with Gasteiger partial charge < -0.3 is 19.9 Å². The molecule has 2 aromatic rings. The van der Waals surface area contributed by atoms with E-state index in [4.69, 9.17) is 23.2 Å². The van der Waals surface area contributed by atoms with Gasteiger partial charge in [-0.2, -0.15) is 0 Å². The van der Waals surface area contributed by atoms with Crippen LogP contribution in [0.25, 0.3) is 0 Å². The summed E-state index contributed by atoms with van der Waals surface area (Å²) in [6.07, 6.45) is 1.20. The van der Waals surface area contributed by atoms with E-state index in [1.165, 1.54) is 0 Å².